The lowest BCUT2D eigenvalue weighted by molar-refractivity contribution is 0.0790. The number of carbonyl (C=O) groups is 1. The van der Waals surface area contributed by atoms with Gasteiger partial charge in [-0.2, -0.15) is 4.80 Å². The molecule has 1 amide bonds. The highest BCUT2D eigenvalue weighted by Crippen LogP contribution is 2.28. The van der Waals surface area contributed by atoms with Gasteiger partial charge in [-0.05, 0) is 53.6 Å². The minimum Gasteiger partial charge on any atom is -0.492 e. The van der Waals surface area contributed by atoms with E-state index in [-0.39, 0.29) is 23.7 Å². The monoisotopic (exact) mass is 410 g/mol. The first-order valence-electron chi connectivity index (χ1n) is 9.82. The van der Waals surface area contributed by atoms with E-state index in [4.69, 9.17) is 10.5 Å². The van der Waals surface area contributed by atoms with Crippen molar-refractivity contribution in [2.45, 2.75) is 24.9 Å². The number of carbonyl (C=O) groups excluding carboxylic acids is 1. The first kappa shape index (κ1) is 20.0. The summed E-state index contributed by atoms with van der Waals surface area (Å²) in [5.41, 5.74) is 7.68. The lowest BCUT2D eigenvalue weighted by Crippen LogP contribution is -2.33. The number of nitrogens with zero attached hydrogens (tertiary/aromatic N) is 5. The zero-order valence-electron chi connectivity index (χ0n) is 16.4. The molecule has 0 unspecified atom stereocenters. The quantitative estimate of drug-likeness (QED) is 0.638. The summed E-state index contributed by atoms with van der Waals surface area (Å²) in [7, 11) is 0. The van der Waals surface area contributed by atoms with E-state index < -0.39 is 0 Å². The van der Waals surface area contributed by atoms with Crippen LogP contribution in [-0.2, 0) is 6.54 Å². The van der Waals surface area contributed by atoms with Crippen molar-refractivity contribution in [3.05, 3.63) is 71.8 Å². The van der Waals surface area contributed by atoms with Gasteiger partial charge in [0, 0.05) is 24.6 Å². The highest BCUT2D eigenvalue weighted by atomic mass is 19.1. The zero-order valence-corrected chi connectivity index (χ0v) is 16.4. The number of benzene rings is 2. The number of aromatic nitrogens is 4. The average molecular weight is 410 g/mol. The van der Waals surface area contributed by atoms with E-state index >= 15 is 0 Å². The molecule has 0 radical (unpaired) electrons. The third-order valence-electron chi connectivity index (χ3n) is 5.17. The van der Waals surface area contributed by atoms with Crippen LogP contribution in [0.1, 0.15) is 28.3 Å². The van der Waals surface area contributed by atoms with Crippen LogP contribution >= 0.6 is 0 Å². The number of ether oxygens (including phenoxy) is 1. The first-order chi connectivity index (χ1) is 14.6. The summed E-state index contributed by atoms with van der Waals surface area (Å²) < 4.78 is 18.8. The lowest BCUT2D eigenvalue weighted by Gasteiger charge is -2.17. The summed E-state index contributed by atoms with van der Waals surface area (Å²) in [6.45, 7) is 2.01. The van der Waals surface area contributed by atoms with Gasteiger partial charge in [-0.3, -0.25) is 4.79 Å². The molecule has 3 aromatic rings. The fourth-order valence-electron chi connectivity index (χ4n) is 3.57. The number of nitrogens with two attached hydrogens (primary N) is 1. The number of tetrazole rings is 1. The molecule has 2 atom stereocenters. The van der Waals surface area contributed by atoms with Crippen molar-refractivity contribution in [2.24, 2.45) is 5.73 Å². The topological polar surface area (TPSA) is 99.2 Å². The molecule has 1 aliphatic heterocycles. The molecule has 0 bridgehead atoms. The Hall–Kier alpha value is -3.33. The Morgan fingerprint density at radius 3 is 2.67 bits per heavy atom. The Kier molecular flexibility index (Phi) is 5.99. The number of hydrogen-bond acceptors (Lipinski definition) is 6. The van der Waals surface area contributed by atoms with Crippen molar-refractivity contribution in [2.75, 3.05) is 19.7 Å². The number of rotatable bonds is 7. The molecule has 2 aromatic carbocycles. The number of hydrogen-bond donors (Lipinski definition) is 1. The third-order valence-corrected chi connectivity index (χ3v) is 5.17. The van der Waals surface area contributed by atoms with Gasteiger partial charge in [0.1, 0.15) is 18.2 Å². The minimum atomic E-state index is -0.284. The van der Waals surface area contributed by atoms with Crippen LogP contribution < -0.4 is 10.5 Å². The molecule has 8 nitrogen and oxygen atoms in total. The summed E-state index contributed by atoms with van der Waals surface area (Å²) in [4.78, 5) is 16.1. The molecule has 0 saturated carbocycles. The van der Waals surface area contributed by atoms with Crippen LogP contribution in [0.2, 0.25) is 0 Å². The summed E-state index contributed by atoms with van der Waals surface area (Å²) >= 11 is 0. The summed E-state index contributed by atoms with van der Waals surface area (Å²) in [6.07, 6.45) is 2.22. The van der Waals surface area contributed by atoms with Gasteiger partial charge in [-0.15, -0.1) is 10.2 Å². The molecule has 1 saturated heterocycles. The van der Waals surface area contributed by atoms with E-state index in [0.29, 0.717) is 37.6 Å². The van der Waals surface area contributed by atoms with Crippen molar-refractivity contribution in [3.8, 4) is 5.75 Å². The molecule has 1 aromatic heterocycles. The van der Waals surface area contributed by atoms with Gasteiger partial charge in [-0.25, -0.2) is 4.39 Å². The molecule has 9 heteroatoms. The normalized spacial score (nSPS) is 17.1. The van der Waals surface area contributed by atoms with Crippen LogP contribution in [0.15, 0.2) is 54.9 Å². The summed E-state index contributed by atoms with van der Waals surface area (Å²) in [5.74, 6) is 0.611. The predicted octanol–water partition coefficient (Wildman–Crippen LogP) is 1.85. The predicted molar refractivity (Wildman–Crippen MR) is 107 cm³/mol. The van der Waals surface area contributed by atoms with E-state index in [9.17, 15) is 9.18 Å². The van der Waals surface area contributed by atoms with Gasteiger partial charge in [0.2, 0.25) is 0 Å². The van der Waals surface area contributed by atoms with Gasteiger partial charge in [0.05, 0.1) is 12.6 Å². The number of likely N-dealkylation sites (tertiary alicyclic amines) is 1. The molecule has 2 heterocycles. The van der Waals surface area contributed by atoms with Crippen molar-refractivity contribution in [1.29, 1.82) is 0 Å². The molecule has 1 aliphatic rings. The second-order valence-corrected chi connectivity index (χ2v) is 7.37. The van der Waals surface area contributed by atoms with Crippen molar-refractivity contribution >= 4 is 5.91 Å². The standard InChI is InChI=1S/C21H23FN6O2/c22-18-5-1-15(2-6-18)17-9-10-27(11-17)21(29)16-3-7-20(8-4-16)30-13-19(23)12-28-25-14-24-26-28/h1-8,14,17,19H,9-13,23H2/t17-,19-/m0/s1. The van der Waals surface area contributed by atoms with Crippen LogP contribution in [0, 0.1) is 5.82 Å². The van der Waals surface area contributed by atoms with Gasteiger partial charge >= 0.3 is 0 Å². The Balaban J connectivity index is 1.29. The highest BCUT2D eigenvalue weighted by Gasteiger charge is 2.28. The van der Waals surface area contributed by atoms with Gasteiger partial charge < -0.3 is 15.4 Å². The van der Waals surface area contributed by atoms with Crippen LogP contribution in [0.5, 0.6) is 5.75 Å². The van der Waals surface area contributed by atoms with E-state index in [1.54, 1.807) is 36.4 Å². The van der Waals surface area contributed by atoms with Gasteiger partial charge in [0.25, 0.3) is 5.91 Å². The highest BCUT2D eigenvalue weighted by molar-refractivity contribution is 5.94. The molecule has 156 valence electrons. The second kappa shape index (κ2) is 9.00. The molecule has 0 spiro atoms. The van der Waals surface area contributed by atoms with E-state index in [1.165, 1.54) is 23.3 Å². The minimum absolute atomic E-state index is 0.0138. The molecular weight excluding hydrogens is 387 g/mol. The maximum atomic E-state index is 13.1. The van der Waals surface area contributed by atoms with Crippen LogP contribution in [0.3, 0.4) is 0 Å². The fraction of sp³-hybridized carbons (Fsp3) is 0.333. The molecule has 30 heavy (non-hydrogen) atoms. The maximum absolute atomic E-state index is 13.1. The average Bonchev–Trinajstić information content (AvgIpc) is 3.45. The Bertz CT molecular complexity index is 962. The molecule has 2 N–H and O–H groups in total. The molecular formula is C21H23FN6O2. The number of amides is 1. The first-order valence-corrected chi connectivity index (χ1v) is 9.82. The van der Waals surface area contributed by atoms with Gasteiger partial charge in [-0.1, -0.05) is 12.1 Å². The fourth-order valence-corrected chi connectivity index (χ4v) is 3.57. The SMILES string of the molecule is N[C@H](COc1ccc(C(=O)N2CC[C@H](c3ccc(F)cc3)C2)cc1)Cn1ncnn1. The van der Waals surface area contributed by atoms with Crippen molar-refractivity contribution in [3.63, 3.8) is 0 Å². The van der Waals surface area contributed by atoms with Crippen molar-refractivity contribution in [1.82, 2.24) is 25.1 Å². The third kappa shape index (κ3) is 4.80. The zero-order chi connectivity index (χ0) is 20.9. The molecule has 1 fully saturated rings. The smallest absolute Gasteiger partial charge is 0.253 e. The van der Waals surface area contributed by atoms with E-state index in [0.717, 1.165) is 12.0 Å². The lowest BCUT2D eigenvalue weighted by atomic mass is 9.99. The maximum Gasteiger partial charge on any atom is 0.253 e. The summed E-state index contributed by atoms with van der Waals surface area (Å²) in [6, 6.07) is 13.3. The van der Waals surface area contributed by atoms with Crippen LogP contribution in [0.25, 0.3) is 0 Å². The largest absolute Gasteiger partial charge is 0.492 e. The van der Waals surface area contributed by atoms with Gasteiger partial charge in [0.15, 0.2) is 6.33 Å². The van der Waals surface area contributed by atoms with E-state index in [2.05, 4.69) is 15.4 Å². The van der Waals surface area contributed by atoms with E-state index in [1.807, 2.05) is 4.90 Å². The Morgan fingerprint density at radius 1 is 1.20 bits per heavy atom. The van der Waals surface area contributed by atoms with Crippen molar-refractivity contribution < 1.29 is 13.9 Å². The second-order valence-electron chi connectivity index (χ2n) is 7.37. The van der Waals surface area contributed by atoms with Crippen LogP contribution in [-0.4, -0.2) is 56.8 Å². The Morgan fingerprint density at radius 2 is 1.97 bits per heavy atom. The Labute approximate surface area is 173 Å². The molecule has 4 rings (SSSR count). The number of halogens is 1. The van der Waals surface area contributed by atoms with Crippen LogP contribution in [0.4, 0.5) is 4.39 Å². The molecule has 0 aliphatic carbocycles. The summed E-state index contributed by atoms with van der Waals surface area (Å²) in [5, 5.41) is 11.3.